The van der Waals surface area contributed by atoms with Crippen LogP contribution in [0.25, 0.3) is 6.08 Å². The molecule has 0 aromatic heterocycles. The summed E-state index contributed by atoms with van der Waals surface area (Å²) in [5.41, 5.74) is 1.86. The monoisotopic (exact) mass is 212 g/mol. The van der Waals surface area contributed by atoms with Crippen molar-refractivity contribution in [2.75, 3.05) is 0 Å². The lowest BCUT2D eigenvalue weighted by molar-refractivity contribution is 0.457. The van der Waals surface area contributed by atoms with Crippen molar-refractivity contribution >= 4 is 17.4 Å². The Balaban J connectivity index is 3.04. The summed E-state index contributed by atoms with van der Waals surface area (Å²) in [5.74, 6) is 0.373. The molecule has 3 nitrogen and oxygen atoms in total. The van der Waals surface area contributed by atoms with E-state index in [-0.39, 0.29) is 0 Å². The van der Waals surface area contributed by atoms with E-state index in [1.54, 1.807) is 12.1 Å². The van der Waals surface area contributed by atoms with Gasteiger partial charge in [-0.2, -0.15) is 4.21 Å². The van der Waals surface area contributed by atoms with Crippen LogP contribution in [0.1, 0.15) is 18.1 Å². The van der Waals surface area contributed by atoms with Gasteiger partial charge in [-0.15, -0.1) is 0 Å². The predicted molar refractivity (Wildman–Crippen MR) is 57.3 cm³/mol. The Labute approximate surface area is 85.9 Å². The van der Waals surface area contributed by atoms with Crippen LogP contribution in [0.4, 0.5) is 0 Å². The highest BCUT2D eigenvalue weighted by atomic mass is 32.2. The van der Waals surface area contributed by atoms with Gasteiger partial charge in [0.1, 0.15) is 5.75 Å². The van der Waals surface area contributed by atoms with Gasteiger partial charge in [0, 0.05) is 5.56 Å². The molecule has 1 rings (SSSR count). The zero-order valence-electron chi connectivity index (χ0n) is 7.90. The Morgan fingerprint density at radius 2 is 2.36 bits per heavy atom. The van der Waals surface area contributed by atoms with Gasteiger partial charge in [-0.05, 0) is 24.1 Å². The fourth-order valence-electron chi connectivity index (χ4n) is 1.13. The first-order valence-corrected chi connectivity index (χ1v) is 5.25. The van der Waals surface area contributed by atoms with Gasteiger partial charge in [-0.25, -0.2) is 0 Å². The van der Waals surface area contributed by atoms with Gasteiger partial charge < -0.3 is 4.18 Å². The van der Waals surface area contributed by atoms with Gasteiger partial charge in [-0.3, -0.25) is 4.55 Å². The molecule has 0 saturated heterocycles. The summed E-state index contributed by atoms with van der Waals surface area (Å²) in [7, 11) is 0. The molecule has 1 atom stereocenters. The zero-order chi connectivity index (χ0) is 10.6. The molecule has 0 aliphatic heterocycles. The maximum Gasteiger partial charge on any atom is 0.357 e. The number of rotatable bonds is 4. The second-order valence-electron chi connectivity index (χ2n) is 2.73. The first kappa shape index (κ1) is 10.9. The van der Waals surface area contributed by atoms with E-state index in [0.717, 1.165) is 17.5 Å². The largest absolute Gasteiger partial charge is 0.379 e. The fraction of sp³-hybridized carbons (Fsp3) is 0.200. The minimum absolute atomic E-state index is 0.373. The Hall–Kier alpha value is -1.13. The van der Waals surface area contributed by atoms with Crippen LogP contribution < -0.4 is 4.18 Å². The molecule has 0 saturated carbocycles. The summed E-state index contributed by atoms with van der Waals surface area (Å²) in [6, 6.07) is 5.41. The van der Waals surface area contributed by atoms with Gasteiger partial charge in [0.25, 0.3) is 0 Å². The molecule has 0 heterocycles. The molecule has 4 heteroatoms. The second-order valence-corrected chi connectivity index (χ2v) is 3.33. The van der Waals surface area contributed by atoms with Gasteiger partial charge >= 0.3 is 11.4 Å². The lowest BCUT2D eigenvalue weighted by Gasteiger charge is -2.06. The molecule has 0 aliphatic rings. The molecule has 0 radical (unpaired) electrons. The number of hydrogen-bond donors (Lipinski definition) is 1. The van der Waals surface area contributed by atoms with Crippen LogP contribution in [0.15, 0.2) is 24.8 Å². The smallest absolute Gasteiger partial charge is 0.357 e. The van der Waals surface area contributed by atoms with Crippen LogP contribution >= 0.6 is 0 Å². The van der Waals surface area contributed by atoms with Crippen molar-refractivity contribution in [3.05, 3.63) is 35.9 Å². The minimum atomic E-state index is -2.28. The van der Waals surface area contributed by atoms with Crippen molar-refractivity contribution in [3.63, 3.8) is 0 Å². The van der Waals surface area contributed by atoms with Crippen molar-refractivity contribution in [1.29, 1.82) is 0 Å². The SMILES string of the molecule is C=Cc1cc(CC)ccc1OS(=O)O. The molecule has 1 unspecified atom stereocenters. The van der Waals surface area contributed by atoms with Crippen molar-refractivity contribution in [2.24, 2.45) is 0 Å². The molecule has 0 bridgehead atoms. The molecule has 0 fully saturated rings. The third-order valence-electron chi connectivity index (χ3n) is 1.86. The van der Waals surface area contributed by atoms with Gasteiger partial charge in [-0.1, -0.05) is 25.6 Å². The first-order chi connectivity index (χ1) is 6.67. The van der Waals surface area contributed by atoms with Crippen LogP contribution in [0, 0.1) is 0 Å². The van der Waals surface area contributed by atoms with Gasteiger partial charge in [0.05, 0.1) is 0 Å². The molecule has 0 amide bonds. The molecule has 1 aromatic rings. The summed E-state index contributed by atoms with van der Waals surface area (Å²) in [5, 5.41) is 0. The molecule has 1 N–H and O–H groups in total. The van der Waals surface area contributed by atoms with Crippen LogP contribution in [0.3, 0.4) is 0 Å². The molecule has 0 spiro atoms. The molecule has 76 valence electrons. The highest BCUT2D eigenvalue weighted by Crippen LogP contribution is 2.22. The maximum absolute atomic E-state index is 10.4. The Kier molecular flexibility index (Phi) is 3.85. The van der Waals surface area contributed by atoms with Crippen molar-refractivity contribution in [3.8, 4) is 5.75 Å². The standard InChI is InChI=1S/C10H12O3S/c1-3-8-5-6-10(13-14(11)12)9(4-2)7-8/h4-7H,2-3H2,1H3,(H,11,12). The molecule has 14 heavy (non-hydrogen) atoms. The summed E-state index contributed by atoms with van der Waals surface area (Å²) < 4.78 is 23.7. The summed E-state index contributed by atoms with van der Waals surface area (Å²) in [6.45, 7) is 5.65. The van der Waals surface area contributed by atoms with E-state index in [9.17, 15) is 4.21 Å². The number of benzene rings is 1. The lowest BCUT2D eigenvalue weighted by Crippen LogP contribution is -1.99. The van der Waals surface area contributed by atoms with E-state index in [0.29, 0.717) is 5.75 Å². The van der Waals surface area contributed by atoms with E-state index >= 15 is 0 Å². The Bertz CT molecular complexity index is 360. The van der Waals surface area contributed by atoms with Gasteiger partial charge in [0.2, 0.25) is 0 Å². The minimum Gasteiger partial charge on any atom is -0.379 e. The fourth-order valence-corrected chi connectivity index (χ4v) is 1.44. The van der Waals surface area contributed by atoms with E-state index < -0.39 is 11.4 Å². The predicted octanol–water partition coefficient (Wildman–Crippen LogP) is 2.41. The zero-order valence-corrected chi connectivity index (χ0v) is 8.71. The van der Waals surface area contributed by atoms with Gasteiger partial charge in [0.15, 0.2) is 0 Å². The third-order valence-corrected chi connectivity index (χ3v) is 2.19. The average molecular weight is 212 g/mol. The van der Waals surface area contributed by atoms with Crippen molar-refractivity contribution in [1.82, 2.24) is 0 Å². The summed E-state index contributed by atoms with van der Waals surface area (Å²) in [6.07, 6.45) is 2.50. The third kappa shape index (κ3) is 2.68. The first-order valence-electron chi connectivity index (χ1n) is 4.22. The second kappa shape index (κ2) is 4.93. The number of aryl methyl sites for hydroxylation is 1. The number of hydrogen-bond acceptors (Lipinski definition) is 2. The topological polar surface area (TPSA) is 46.5 Å². The highest BCUT2D eigenvalue weighted by Gasteiger charge is 2.04. The van der Waals surface area contributed by atoms with E-state index in [4.69, 9.17) is 8.74 Å². The summed E-state index contributed by atoms with van der Waals surface area (Å²) in [4.78, 5) is 0. The quantitative estimate of drug-likeness (QED) is 0.779. The highest BCUT2D eigenvalue weighted by molar-refractivity contribution is 7.74. The summed E-state index contributed by atoms with van der Waals surface area (Å²) >= 11 is -2.28. The molecular weight excluding hydrogens is 200 g/mol. The normalized spacial score (nSPS) is 12.1. The van der Waals surface area contributed by atoms with E-state index in [1.807, 2.05) is 19.1 Å². The van der Waals surface area contributed by atoms with Crippen LogP contribution in [0.5, 0.6) is 5.75 Å². The van der Waals surface area contributed by atoms with Crippen LogP contribution in [0.2, 0.25) is 0 Å². The lowest BCUT2D eigenvalue weighted by atomic mass is 10.1. The van der Waals surface area contributed by atoms with E-state index in [2.05, 4.69) is 6.58 Å². The molecule has 1 aromatic carbocycles. The average Bonchev–Trinajstić information content (AvgIpc) is 2.17. The van der Waals surface area contributed by atoms with Crippen molar-refractivity contribution < 1.29 is 12.9 Å². The Morgan fingerprint density at radius 3 is 2.86 bits per heavy atom. The van der Waals surface area contributed by atoms with E-state index in [1.165, 1.54) is 0 Å². The maximum atomic E-state index is 10.4. The van der Waals surface area contributed by atoms with Crippen LogP contribution in [-0.2, 0) is 17.8 Å². The van der Waals surface area contributed by atoms with Crippen LogP contribution in [-0.4, -0.2) is 8.76 Å². The van der Waals surface area contributed by atoms with Crippen molar-refractivity contribution in [2.45, 2.75) is 13.3 Å². The Morgan fingerprint density at radius 1 is 1.64 bits per heavy atom. The molecular formula is C10H12O3S. The molecule has 0 aliphatic carbocycles.